The smallest absolute Gasteiger partial charge is 0.251 e. The highest BCUT2D eigenvalue weighted by molar-refractivity contribution is 5.96. The molecule has 1 amide bonds. The summed E-state index contributed by atoms with van der Waals surface area (Å²) in [6, 6.07) is 17.0. The van der Waals surface area contributed by atoms with Gasteiger partial charge in [-0.2, -0.15) is 4.68 Å². The molecule has 9 nitrogen and oxygen atoms in total. The van der Waals surface area contributed by atoms with Crippen LogP contribution >= 0.6 is 0 Å². The van der Waals surface area contributed by atoms with Crippen LogP contribution in [-0.4, -0.2) is 43.4 Å². The van der Waals surface area contributed by atoms with Gasteiger partial charge in [0.2, 0.25) is 5.88 Å². The number of amides is 1. The Morgan fingerprint density at radius 2 is 1.71 bits per heavy atom. The number of nitrogens with one attached hydrogen (secondary N) is 1. The van der Waals surface area contributed by atoms with Crippen LogP contribution in [0.25, 0.3) is 16.8 Å². The Labute approximate surface area is 198 Å². The molecule has 174 valence electrons. The summed E-state index contributed by atoms with van der Waals surface area (Å²) >= 11 is 0. The number of aromatic nitrogens is 6. The highest BCUT2D eigenvalue weighted by Gasteiger charge is 2.18. The normalized spacial score (nSPS) is 11.9. The standard InChI is InChI=1S/C25H27N7O2/c1-15(2)24-29-30-31-32(24)21-13-19(18-8-6-16(3)7-9-18)12-20(14-21)25(33)26-17(4)22-10-11-23(34-5)28-27-22/h6-15,17H,1-5H3,(H,26,33)/t17-/m1/s1. The fourth-order valence-corrected chi connectivity index (χ4v) is 3.54. The highest BCUT2D eigenvalue weighted by atomic mass is 16.5. The summed E-state index contributed by atoms with van der Waals surface area (Å²) in [4.78, 5) is 13.3. The number of carbonyl (C=O) groups is 1. The molecule has 0 saturated heterocycles. The van der Waals surface area contributed by atoms with E-state index in [9.17, 15) is 4.79 Å². The van der Waals surface area contributed by atoms with Gasteiger partial charge in [0.15, 0.2) is 5.82 Å². The Morgan fingerprint density at radius 3 is 2.35 bits per heavy atom. The van der Waals surface area contributed by atoms with Crippen LogP contribution in [-0.2, 0) is 0 Å². The van der Waals surface area contributed by atoms with Gasteiger partial charge in [0.05, 0.1) is 24.5 Å². The number of hydrogen-bond donors (Lipinski definition) is 1. The van der Waals surface area contributed by atoms with Crippen molar-refractivity contribution in [2.24, 2.45) is 0 Å². The molecule has 0 aliphatic carbocycles. The molecule has 2 aromatic carbocycles. The lowest BCUT2D eigenvalue weighted by Crippen LogP contribution is -2.27. The Kier molecular flexibility index (Phi) is 6.62. The first-order chi connectivity index (χ1) is 16.4. The topological polar surface area (TPSA) is 108 Å². The molecule has 0 aliphatic rings. The van der Waals surface area contributed by atoms with Crippen LogP contribution < -0.4 is 10.1 Å². The SMILES string of the molecule is COc1ccc([C@@H](C)NC(=O)c2cc(-c3ccc(C)cc3)cc(-n3nnnc3C(C)C)c2)nn1. The second kappa shape index (κ2) is 9.78. The molecule has 4 aromatic rings. The largest absolute Gasteiger partial charge is 0.480 e. The van der Waals surface area contributed by atoms with E-state index in [4.69, 9.17) is 4.74 Å². The number of methoxy groups -OCH3 is 1. The third kappa shape index (κ3) is 4.93. The van der Waals surface area contributed by atoms with Crippen LogP contribution in [0.1, 0.15) is 60.2 Å². The van der Waals surface area contributed by atoms with E-state index in [1.165, 1.54) is 7.11 Å². The predicted molar refractivity (Wildman–Crippen MR) is 128 cm³/mol. The van der Waals surface area contributed by atoms with E-state index < -0.39 is 0 Å². The molecular weight excluding hydrogens is 430 g/mol. The molecule has 2 heterocycles. The highest BCUT2D eigenvalue weighted by Crippen LogP contribution is 2.26. The minimum absolute atomic E-state index is 0.115. The Balaban J connectivity index is 1.71. The number of benzene rings is 2. The molecule has 0 spiro atoms. The van der Waals surface area contributed by atoms with Crippen molar-refractivity contribution in [3.05, 3.63) is 77.2 Å². The summed E-state index contributed by atoms with van der Waals surface area (Å²) in [6.07, 6.45) is 0. The number of carbonyl (C=O) groups excluding carboxylic acids is 1. The van der Waals surface area contributed by atoms with Gasteiger partial charge in [-0.3, -0.25) is 4.79 Å². The first-order valence-corrected chi connectivity index (χ1v) is 11.0. The Hall–Kier alpha value is -4.14. The van der Waals surface area contributed by atoms with Gasteiger partial charge < -0.3 is 10.1 Å². The van der Waals surface area contributed by atoms with Gasteiger partial charge >= 0.3 is 0 Å². The maximum atomic E-state index is 13.3. The number of aryl methyl sites for hydroxylation is 1. The summed E-state index contributed by atoms with van der Waals surface area (Å²) in [5, 5.41) is 23.3. The van der Waals surface area contributed by atoms with E-state index in [0.717, 1.165) is 16.7 Å². The fourth-order valence-electron chi connectivity index (χ4n) is 3.54. The minimum Gasteiger partial charge on any atom is -0.480 e. The lowest BCUT2D eigenvalue weighted by Gasteiger charge is -2.15. The molecule has 0 bridgehead atoms. The molecule has 1 N–H and O–H groups in total. The molecule has 0 fully saturated rings. The van der Waals surface area contributed by atoms with Crippen LogP contribution in [0.3, 0.4) is 0 Å². The van der Waals surface area contributed by atoms with Gasteiger partial charge in [0, 0.05) is 17.5 Å². The Bertz CT molecular complexity index is 1280. The van der Waals surface area contributed by atoms with E-state index in [1.54, 1.807) is 22.9 Å². The van der Waals surface area contributed by atoms with Crippen molar-refractivity contribution in [2.75, 3.05) is 7.11 Å². The number of rotatable bonds is 7. The lowest BCUT2D eigenvalue weighted by molar-refractivity contribution is 0.0939. The monoisotopic (exact) mass is 457 g/mol. The lowest BCUT2D eigenvalue weighted by atomic mass is 10.00. The zero-order chi connectivity index (χ0) is 24.2. The average Bonchev–Trinajstić information content (AvgIpc) is 3.35. The van der Waals surface area contributed by atoms with Gasteiger partial charge in [0.1, 0.15) is 0 Å². The molecule has 0 unspecified atom stereocenters. The zero-order valence-corrected chi connectivity index (χ0v) is 19.9. The second-order valence-electron chi connectivity index (χ2n) is 8.43. The van der Waals surface area contributed by atoms with Crippen LogP contribution in [0.5, 0.6) is 5.88 Å². The third-order valence-corrected chi connectivity index (χ3v) is 5.48. The van der Waals surface area contributed by atoms with Crippen molar-refractivity contribution in [3.8, 4) is 22.7 Å². The molecule has 0 aliphatic heterocycles. The van der Waals surface area contributed by atoms with E-state index in [0.29, 0.717) is 28.6 Å². The van der Waals surface area contributed by atoms with Crippen molar-refractivity contribution in [1.82, 2.24) is 35.7 Å². The van der Waals surface area contributed by atoms with Gasteiger partial charge in [-0.25, -0.2) is 0 Å². The average molecular weight is 458 g/mol. The van der Waals surface area contributed by atoms with E-state index in [-0.39, 0.29) is 17.9 Å². The van der Waals surface area contributed by atoms with Crippen molar-refractivity contribution < 1.29 is 9.53 Å². The van der Waals surface area contributed by atoms with Gasteiger partial charge in [-0.1, -0.05) is 43.7 Å². The van der Waals surface area contributed by atoms with Crippen LogP contribution in [0, 0.1) is 6.92 Å². The van der Waals surface area contributed by atoms with E-state index in [2.05, 4.69) is 31.0 Å². The summed E-state index contributed by atoms with van der Waals surface area (Å²) in [7, 11) is 1.53. The summed E-state index contributed by atoms with van der Waals surface area (Å²) in [5.74, 6) is 1.01. The van der Waals surface area contributed by atoms with Crippen molar-refractivity contribution >= 4 is 5.91 Å². The molecule has 2 aromatic heterocycles. The quantitative estimate of drug-likeness (QED) is 0.446. The molecule has 9 heteroatoms. The first-order valence-electron chi connectivity index (χ1n) is 11.0. The zero-order valence-electron chi connectivity index (χ0n) is 19.9. The summed E-state index contributed by atoms with van der Waals surface area (Å²) in [6.45, 7) is 7.95. The molecule has 1 atom stereocenters. The first kappa shape index (κ1) is 23.0. The van der Waals surface area contributed by atoms with E-state index >= 15 is 0 Å². The van der Waals surface area contributed by atoms with Crippen LogP contribution in [0.15, 0.2) is 54.6 Å². The maximum absolute atomic E-state index is 13.3. The summed E-state index contributed by atoms with van der Waals surface area (Å²) < 4.78 is 6.74. The molecule has 0 saturated carbocycles. The third-order valence-electron chi connectivity index (χ3n) is 5.48. The van der Waals surface area contributed by atoms with E-state index in [1.807, 2.05) is 64.1 Å². The molecule has 4 rings (SSSR count). The number of ether oxygens (including phenoxy) is 1. The van der Waals surface area contributed by atoms with Crippen LogP contribution in [0.2, 0.25) is 0 Å². The number of tetrazole rings is 1. The molecule has 0 radical (unpaired) electrons. The maximum Gasteiger partial charge on any atom is 0.251 e. The number of nitrogens with zero attached hydrogens (tertiary/aromatic N) is 6. The Morgan fingerprint density at radius 1 is 0.941 bits per heavy atom. The van der Waals surface area contributed by atoms with Crippen molar-refractivity contribution in [3.63, 3.8) is 0 Å². The fraction of sp³-hybridized carbons (Fsp3) is 0.280. The predicted octanol–water partition coefficient (Wildman–Crippen LogP) is 4.05. The number of hydrogen-bond acceptors (Lipinski definition) is 7. The second-order valence-corrected chi connectivity index (χ2v) is 8.43. The van der Waals surface area contributed by atoms with Gasteiger partial charge in [-0.15, -0.1) is 15.3 Å². The van der Waals surface area contributed by atoms with Crippen LogP contribution in [0.4, 0.5) is 0 Å². The van der Waals surface area contributed by atoms with Gasteiger partial charge in [-0.05, 0) is 59.7 Å². The summed E-state index contributed by atoms with van der Waals surface area (Å²) in [5.41, 5.74) is 4.89. The minimum atomic E-state index is -0.350. The van der Waals surface area contributed by atoms with Gasteiger partial charge in [0.25, 0.3) is 5.91 Å². The van der Waals surface area contributed by atoms with Crippen molar-refractivity contribution in [1.29, 1.82) is 0 Å². The molecule has 34 heavy (non-hydrogen) atoms. The molecular formula is C25H27N7O2. The van der Waals surface area contributed by atoms with Crippen molar-refractivity contribution in [2.45, 2.75) is 39.7 Å².